The van der Waals surface area contributed by atoms with E-state index in [0.29, 0.717) is 25.1 Å². The fourth-order valence-corrected chi connectivity index (χ4v) is 2.19. The molecule has 1 aromatic carbocycles. The quantitative estimate of drug-likeness (QED) is 0.870. The van der Waals surface area contributed by atoms with Crippen molar-refractivity contribution in [2.75, 3.05) is 18.0 Å². The lowest BCUT2D eigenvalue weighted by Crippen LogP contribution is -2.24. The molecule has 1 aromatic heterocycles. The molecule has 0 saturated heterocycles. The molecule has 102 valence electrons. The molecule has 0 radical (unpaired) electrons. The van der Waals surface area contributed by atoms with Crippen LogP contribution in [0.2, 0.25) is 0 Å². The number of nitrogens with two attached hydrogens (primary N) is 1. The Kier molecular flexibility index (Phi) is 4.58. The van der Waals surface area contributed by atoms with Crippen molar-refractivity contribution in [1.82, 2.24) is 0 Å². The maximum absolute atomic E-state index is 13.9. The number of furan rings is 1. The molecule has 19 heavy (non-hydrogen) atoms. The number of hydrogen-bond donors (Lipinski definition) is 1. The fraction of sp³-hybridized carbons (Fsp3) is 0.333. The summed E-state index contributed by atoms with van der Waals surface area (Å²) < 4.78 is 19.3. The standard InChI is InChI=1S/C15H19FN2O/c1-2-18(11-12-5-4-10-19-12)15-7-3-6-14(16)13(15)8-9-17/h3-7,10H,2,8-9,11,17H2,1H3. The van der Waals surface area contributed by atoms with Crippen molar-refractivity contribution in [3.63, 3.8) is 0 Å². The Morgan fingerprint density at radius 1 is 1.26 bits per heavy atom. The Morgan fingerprint density at radius 3 is 2.74 bits per heavy atom. The van der Waals surface area contributed by atoms with Gasteiger partial charge >= 0.3 is 0 Å². The molecule has 2 rings (SSSR count). The second-order valence-corrected chi connectivity index (χ2v) is 4.37. The first-order valence-corrected chi connectivity index (χ1v) is 6.51. The third-order valence-corrected chi connectivity index (χ3v) is 3.14. The molecule has 0 aliphatic carbocycles. The third-order valence-electron chi connectivity index (χ3n) is 3.14. The summed E-state index contributed by atoms with van der Waals surface area (Å²) in [5.74, 6) is 0.672. The summed E-state index contributed by atoms with van der Waals surface area (Å²) in [6.07, 6.45) is 2.19. The average Bonchev–Trinajstić information content (AvgIpc) is 2.92. The molecule has 0 atom stereocenters. The van der Waals surface area contributed by atoms with Crippen LogP contribution >= 0.6 is 0 Å². The van der Waals surface area contributed by atoms with Gasteiger partial charge in [-0.15, -0.1) is 0 Å². The molecule has 0 unspecified atom stereocenters. The Balaban J connectivity index is 2.29. The largest absolute Gasteiger partial charge is 0.467 e. The summed E-state index contributed by atoms with van der Waals surface area (Å²) in [6.45, 7) is 3.89. The molecule has 1 heterocycles. The van der Waals surface area contributed by atoms with Gasteiger partial charge in [0.05, 0.1) is 12.8 Å². The highest BCUT2D eigenvalue weighted by atomic mass is 19.1. The highest BCUT2D eigenvalue weighted by molar-refractivity contribution is 5.54. The number of nitrogens with zero attached hydrogens (tertiary/aromatic N) is 1. The topological polar surface area (TPSA) is 42.4 Å². The van der Waals surface area contributed by atoms with Gasteiger partial charge < -0.3 is 15.1 Å². The smallest absolute Gasteiger partial charge is 0.128 e. The van der Waals surface area contributed by atoms with Crippen LogP contribution in [0.3, 0.4) is 0 Å². The van der Waals surface area contributed by atoms with Crippen LogP contribution in [0.15, 0.2) is 41.0 Å². The van der Waals surface area contributed by atoms with Gasteiger partial charge in [0, 0.05) is 17.8 Å². The van der Waals surface area contributed by atoms with Crippen molar-refractivity contribution in [3.05, 3.63) is 53.7 Å². The van der Waals surface area contributed by atoms with Crippen LogP contribution in [0.4, 0.5) is 10.1 Å². The van der Waals surface area contributed by atoms with Gasteiger partial charge in [-0.1, -0.05) is 6.07 Å². The van der Waals surface area contributed by atoms with Crippen LogP contribution in [0.25, 0.3) is 0 Å². The summed E-state index contributed by atoms with van der Waals surface area (Å²) in [5.41, 5.74) is 7.14. The van der Waals surface area contributed by atoms with Gasteiger partial charge in [0.1, 0.15) is 11.6 Å². The summed E-state index contributed by atoms with van der Waals surface area (Å²) in [7, 11) is 0. The zero-order valence-corrected chi connectivity index (χ0v) is 11.1. The maximum Gasteiger partial charge on any atom is 0.128 e. The molecule has 4 heteroatoms. The number of anilines is 1. The molecule has 0 aliphatic heterocycles. The zero-order valence-electron chi connectivity index (χ0n) is 11.1. The van der Waals surface area contributed by atoms with Gasteiger partial charge in [-0.25, -0.2) is 4.39 Å². The monoisotopic (exact) mass is 262 g/mol. The summed E-state index contributed by atoms with van der Waals surface area (Å²) in [4.78, 5) is 2.09. The van der Waals surface area contributed by atoms with E-state index < -0.39 is 0 Å². The Labute approximate surface area is 112 Å². The van der Waals surface area contributed by atoms with Crippen LogP contribution < -0.4 is 10.6 Å². The van der Waals surface area contributed by atoms with Crippen molar-refractivity contribution in [2.24, 2.45) is 5.73 Å². The normalized spacial score (nSPS) is 10.7. The molecule has 0 bridgehead atoms. The number of halogens is 1. The van der Waals surface area contributed by atoms with E-state index in [1.54, 1.807) is 12.3 Å². The first-order chi connectivity index (χ1) is 9.26. The Bertz CT molecular complexity index is 511. The van der Waals surface area contributed by atoms with Gasteiger partial charge in [-0.2, -0.15) is 0 Å². The van der Waals surface area contributed by atoms with Gasteiger partial charge in [0.15, 0.2) is 0 Å². The predicted molar refractivity (Wildman–Crippen MR) is 74.6 cm³/mol. The minimum atomic E-state index is -0.194. The molecule has 3 nitrogen and oxygen atoms in total. The van der Waals surface area contributed by atoms with Crippen molar-refractivity contribution in [3.8, 4) is 0 Å². The molecule has 0 spiro atoms. The first-order valence-electron chi connectivity index (χ1n) is 6.51. The van der Waals surface area contributed by atoms with Gasteiger partial charge in [-0.05, 0) is 44.2 Å². The summed E-state index contributed by atoms with van der Waals surface area (Å²) in [5, 5.41) is 0. The predicted octanol–water partition coefficient (Wildman–Crippen LogP) is 2.95. The van der Waals surface area contributed by atoms with E-state index >= 15 is 0 Å². The van der Waals surface area contributed by atoms with E-state index in [2.05, 4.69) is 4.90 Å². The van der Waals surface area contributed by atoms with E-state index in [9.17, 15) is 4.39 Å². The molecule has 0 aliphatic rings. The van der Waals surface area contributed by atoms with Gasteiger partial charge in [-0.3, -0.25) is 0 Å². The van der Waals surface area contributed by atoms with Crippen LogP contribution in [0, 0.1) is 5.82 Å². The summed E-state index contributed by atoms with van der Waals surface area (Å²) >= 11 is 0. The Morgan fingerprint density at radius 2 is 2.11 bits per heavy atom. The first kappa shape index (κ1) is 13.6. The molecule has 2 N–H and O–H groups in total. The minimum absolute atomic E-state index is 0.194. The SMILES string of the molecule is CCN(Cc1ccco1)c1cccc(F)c1CCN. The minimum Gasteiger partial charge on any atom is -0.467 e. The van der Waals surface area contributed by atoms with E-state index in [1.165, 1.54) is 6.07 Å². The second kappa shape index (κ2) is 6.38. The molecule has 0 amide bonds. The van der Waals surface area contributed by atoms with Gasteiger partial charge in [0.2, 0.25) is 0 Å². The molecule has 0 fully saturated rings. The highest BCUT2D eigenvalue weighted by Gasteiger charge is 2.14. The van der Waals surface area contributed by atoms with E-state index in [0.717, 1.165) is 18.0 Å². The molecule has 0 saturated carbocycles. The lowest BCUT2D eigenvalue weighted by Gasteiger charge is -2.25. The van der Waals surface area contributed by atoms with Crippen LogP contribution in [0.1, 0.15) is 18.2 Å². The Hall–Kier alpha value is -1.81. The lowest BCUT2D eigenvalue weighted by molar-refractivity contribution is 0.503. The fourth-order valence-electron chi connectivity index (χ4n) is 2.19. The zero-order chi connectivity index (χ0) is 13.7. The lowest BCUT2D eigenvalue weighted by atomic mass is 10.1. The van der Waals surface area contributed by atoms with Gasteiger partial charge in [0.25, 0.3) is 0 Å². The number of rotatable bonds is 6. The van der Waals surface area contributed by atoms with E-state index in [1.807, 2.05) is 25.1 Å². The molecule has 2 aromatic rings. The number of hydrogen-bond acceptors (Lipinski definition) is 3. The van der Waals surface area contributed by atoms with Crippen molar-refractivity contribution >= 4 is 5.69 Å². The van der Waals surface area contributed by atoms with E-state index in [4.69, 9.17) is 10.2 Å². The molecular formula is C15H19FN2O. The molecular weight excluding hydrogens is 243 g/mol. The summed E-state index contributed by atoms with van der Waals surface area (Å²) in [6, 6.07) is 8.92. The van der Waals surface area contributed by atoms with Crippen molar-refractivity contribution in [1.29, 1.82) is 0 Å². The van der Waals surface area contributed by atoms with E-state index in [-0.39, 0.29) is 5.82 Å². The maximum atomic E-state index is 13.9. The third kappa shape index (κ3) is 3.15. The second-order valence-electron chi connectivity index (χ2n) is 4.37. The van der Waals surface area contributed by atoms with Crippen molar-refractivity contribution in [2.45, 2.75) is 19.9 Å². The highest BCUT2D eigenvalue weighted by Crippen LogP contribution is 2.25. The van der Waals surface area contributed by atoms with Crippen LogP contribution in [-0.4, -0.2) is 13.1 Å². The van der Waals surface area contributed by atoms with Crippen LogP contribution in [0.5, 0.6) is 0 Å². The average molecular weight is 262 g/mol. The van der Waals surface area contributed by atoms with Crippen LogP contribution in [-0.2, 0) is 13.0 Å². The number of benzene rings is 1. The van der Waals surface area contributed by atoms with Crippen molar-refractivity contribution < 1.29 is 8.81 Å².